The number of hydrogen-bond donors (Lipinski definition) is 0. The van der Waals surface area contributed by atoms with E-state index in [2.05, 4.69) is 4.74 Å². The van der Waals surface area contributed by atoms with E-state index in [0.717, 1.165) is 12.1 Å². The number of alkyl halides is 2. The first-order valence-electron chi connectivity index (χ1n) is 7.24. The SMILES string of the molecule is CN1OC(C)(C)C(=O)C(C(=O)c2ccc(OC(F)F)cc2[N+](=O)[O-])C1=O. The first kappa shape index (κ1) is 19.4. The van der Waals surface area contributed by atoms with E-state index in [1.54, 1.807) is 0 Å². The lowest BCUT2D eigenvalue weighted by Crippen LogP contribution is -2.57. The predicted octanol–water partition coefficient (Wildman–Crippen LogP) is 1.75. The number of nitro benzene ring substituents is 1. The molecule has 2 rings (SSSR count). The molecule has 1 aliphatic heterocycles. The van der Waals surface area contributed by atoms with Crippen LogP contribution >= 0.6 is 0 Å². The number of ketones is 2. The van der Waals surface area contributed by atoms with Gasteiger partial charge in [-0.25, -0.2) is 5.06 Å². The van der Waals surface area contributed by atoms with Gasteiger partial charge in [-0.2, -0.15) is 8.78 Å². The number of nitro groups is 1. The van der Waals surface area contributed by atoms with Gasteiger partial charge in [0.1, 0.15) is 11.4 Å². The Morgan fingerprint density at radius 1 is 1.38 bits per heavy atom. The molecule has 140 valence electrons. The Kier molecular flexibility index (Phi) is 5.03. The summed E-state index contributed by atoms with van der Waals surface area (Å²) in [6.07, 6.45) is 0. The van der Waals surface area contributed by atoms with Gasteiger partial charge in [0.15, 0.2) is 17.5 Å². The van der Waals surface area contributed by atoms with E-state index < -0.39 is 57.5 Å². The Bertz CT molecular complexity index is 794. The first-order valence-corrected chi connectivity index (χ1v) is 7.24. The molecule has 0 aliphatic carbocycles. The van der Waals surface area contributed by atoms with Gasteiger partial charge >= 0.3 is 6.61 Å². The average Bonchev–Trinajstić information content (AvgIpc) is 2.52. The van der Waals surface area contributed by atoms with Gasteiger partial charge in [-0.3, -0.25) is 29.3 Å². The lowest BCUT2D eigenvalue weighted by molar-refractivity contribution is -0.385. The van der Waals surface area contributed by atoms with Crippen LogP contribution in [-0.2, 0) is 14.4 Å². The molecular weight excluding hydrogens is 358 g/mol. The van der Waals surface area contributed by atoms with E-state index in [-0.39, 0.29) is 0 Å². The monoisotopic (exact) mass is 372 g/mol. The molecule has 1 unspecified atom stereocenters. The molecule has 1 amide bonds. The highest BCUT2D eigenvalue weighted by atomic mass is 19.3. The van der Waals surface area contributed by atoms with Gasteiger partial charge in [0.2, 0.25) is 0 Å². The number of hydrogen-bond acceptors (Lipinski definition) is 7. The van der Waals surface area contributed by atoms with Crippen LogP contribution in [0.15, 0.2) is 18.2 Å². The molecule has 0 bridgehead atoms. The van der Waals surface area contributed by atoms with Crippen molar-refractivity contribution in [2.24, 2.45) is 5.92 Å². The summed E-state index contributed by atoms with van der Waals surface area (Å²) in [6, 6.07) is 2.40. The summed E-state index contributed by atoms with van der Waals surface area (Å²) >= 11 is 0. The van der Waals surface area contributed by atoms with Crippen LogP contribution in [0.25, 0.3) is 0 Å². The van der Waals surface area contributed by atoms with Crippen molar-refractivity contribution in [2.75, 3.05) is 7.05 Å². The molecule has 0 N–H and O–H groups in total. The zero-order valence-corrected chi connectivity index (χ0v) is 13.9. The molecule has 1 heterocycles. The normalized spacial score (nSPS) is 19.6. The summed E-state index contributed by atoms with van der Waals surface area (Å²) in [5, 5.41) is 11.9. The lowest BCUT2D eigenvalue weighted by atomic mass is 9.83. The third kappa shape index (κ3) is 3.52. The van der Waals surface area contributed by atoms with E-state index >= 15 is 0 Å². The number of Topliss-reactive ketones (excluding diaryl/α,β-unsaturated/α-hetero) is 2. The van der Waals surface area contributed by atoms with Gasteiger partial charge in [-0.1, -0.05) is 0 Å². The molecule has 1 atom stereocenters. The summed E-state index contributed by atoms with van der Waals surface area (Å²) in [4.78, 5) is 52.6. The molecule has 11 heteroatoms. The lowest BCUT2D eigenvalue weighted by Gasteiger charge is -2.37. The summed E-state index contributed by atoms with van der Waals surface area (Å²) in [5.41, 5.74) is -2.94. The number of halogens is 2. The van der Waals surface area contributed by atoms with Crippen LogP contribution in [0, 0.1) is 16.0 Å². The number of rotatable bonds is 5. The second-order valence-electron chi connectivity index (χ2n) is 5.91. The third-order valence-corrected chi connectivity index (χ3v) is 3.70. The highest BCUT2D eigenvalue weighted by molar-refractivity contribution is 6.26. The largest absolute Gasteiger partial charge is 0.435 e. The average molecular weight is 372 g/mol. The zero-order valence-electron chi connectivity index (χ0n) is 13.9. The standard InChI is InChI=1S/C15H14F2N2O7/c1-15(2)12(21)10(13(22)18(3)26-15)11(20)8-5-4-7(25-14(16)17)6-9(8)19(23)24/h4-6,10,14H,1-3H3. The van der Waals surface area contributed by atoms with Crippen molar-refractivity contribution in [2.45, 2.75) is 26.1 Å². The number of ether oxygens (including phenoxy) is 1. The van der Waals surface area contributed by atoms with Gasteiger partial charge in [-0.15, -0.1) is 0 Å². The van der Waals surface area contributed by atoms with E-state index in [4.69, 9.17) is 4.84 Å². The summed E-state index contributed by atoms with van der Waals surface area (Å²) in [6.45, 7) is -0.539. The highest BCUT2D eigenvalue weighted by Gasteiger charge is 2.51. The molecule has 0 saturated carbocycles. The molecule has 9 nitrogen and oxygen atoms in total. The topological polar surface area (TPSA) is 116 Å². The molecule has 1 aliphatic rings. The molecule has 0 radical (unpaired) electrons. The van der Waals surface area contributed by atoms with E-state index in [9.17, 15) is 33.3 Å². The molecule has 1 aromatic rings. The number of carbonyl (C=O) groups is 3. The molecule has 0 spiro atoms. The van der Waals surface area contributed by atoms with Crippen LogP contribution < -0.4 is 4.74 Å². The Balaban J connectivity index is 2.49. The minimum absolute atomic E-state index is 0.537. The van der Waals surface area contributed by atoms with E-state index in [1.807, 2.05) is 0 Å². The summed E-state index contributed by atoms with van der Waals surface area (Å²) < 4.78 is 28.6. The van der Waals surface area contributed by atoms with Gasteiger partial charge in [0, 0.05) is 7.05 Å². The van der Waals surface area contributed by atoms with Crippen molar-refractivity contribution in [1.29, 1.82) is 0 Å². The van der Waals surface area contributed by atoms with E-state index in [1.165, 1.54) is 20.9 Å². The number of benzene rings is 1. The van der Waals surface area contributed by atoms with Crippen molar-refractivity contribution in [3.63, 3.8) is 0 Å². The van der Waals surface area contributed by atoms with Crippen molar-refractivity contribution in [3.05, 3.63) is 33.9 Å². The number of hydroxylamine groups is 2. The van der Waals surface area contributed by atoms with Gasteiger partial charge < -0.3 is 4.74 Å². The summed E-state index contributed by atoms with van der Waals surface area (Å²) in [7, 11) is 1.20. The third-order valence-electron chi connectivity index (χ3n) is 3.70. The highest BCUT2D eigenvalue weighted by Crippen LogP contribution is 2.32. The van der Waals surface area contributed by atoms with Crippen molar-refractivity contribution in [1.82, 2.24) is 5.06 Å². The fourth-order valence-electron chi connectivity index (χ4n) is 2.51. The van der Waals surface area contributed by atoms with Crippen molar-refractivity contribution in [3.8, 4) is 5.75 Å². The van der Waals surface area contributed by atoms with Gasteiger partial charge in [0.25, 0.3) is 11.6 Å². The van der Waals surface area contributed by atoms with Gasteiger partial charge in [-0.05, 0) is 26.0 Å². The molecule has 0 aromatic heterocycles. The molecular formula is C15H14F2N2O7. The van der Waals surface area contributed by atoms with E-state index in [0.29, 0.717) is 11.1 Å². The fraction of sp³-hybridized carbons (Fsp3) is 0.400. The fourth-order valence-corrected chi connectivity index (χ4v) is 2.51. The minimum Gasteiger partial charge on any atom is -0.435 e. The Morgan fingerprint density at radius 2 is 2.00 bits per heavy atom. The Hall–Kier alpha value is -2.95. The smallest absolute Gasteiger partial charge is 0.387 e. The predicted molar refractivity (Wildman–Crippen MR) is 80.5 cm³/mol. The maximum Gasteiger partial charge on any atom is 0.387 e. The maximum atomic E-state index is 12.7. The minimum atomic E-state index is -3.22. The van der Waals surface area contributed by atoms with Gasteiger partial charge in [0.05, 0.1) is 16.6 Å². The maximum absolute atomic E-state index is 12.7. The molecule has 1 aromatic carbocycles. The Morgan fingerprint density at radius 3 is 2.54 bits per heavy atom. The zero-order chi connectivity index (χ0) is 19.8. The molecule has 26 heavy (non-hydrogen) atoms. The van der Waals surface area contributed by atoms with Crippen LogP contribution in [0.1, 0.15) is 24.2 Å². The Labute approximate surface area is 145 Å². The van der Waals surface area contributed by atoms with Crippen LogP contribution in [0.2, 0.25) is 0 Å². The number of amides is 1. The molecule has 1 fully saturated rings. The second kappa shape index (κ2) is 6.75. The van der Waals surface area contributed by atoms with Crippen LogP contribution in [0.5, 0.6) is 5.75 Å². The van der Waals surface area contributed by atoms with Crippen LogP contribution in [0.3, 0.4) is 0 Å². The number of carbonyl (C=O) groups excluding carboxylic acids is 3. The van der Waals surface area contributed by atoms with Crippen molar-refractivity contribution >= 4 is 23.2 Å². The quantitative estimate of drug-likeness (QED) is 0.334. The van der Waals surface area contributed by atoms with Crippen LogP contribution in [0.4, 0.5) is 14.5 Å². The van der Waals surface area contributed by atoms with Crippen LogP contribution in [-0.4, -0.2) is 46.7 Å². The molecule has 1 saturated heterocycles. The number of nitrogens with zero attached hydrogens (tertiary/aromatic N) is 2. The summed E-state index contributed by atoms with van der Waals surface area (Å²) in [5.74, 6) is -5.36. The van der Waals surface area contributed by atoms with Crippen molar-refractivity contribution < 1.29 is 37.7 Å². The second-order valence-corrected chi connectivity index (χ2v) is 5.91. The first-order chi connectivity index (χ1) is 12.0.